The summed E-state index contributed by atoms with van der Waals surface area (Å²) in [6, 6.07) is 3.87. The minimum absolute atomic E-state index is 0.0779. The van der Waals surface area contributed by atoms with Gasteiger partial charge in [-0.2, -0.15) is 0 Å². The molecule has 0 aromatic heterocycles. The first-order valence-corrected chi connectivity index (χ1v) is 12.6. The molecule has 186 valence electrons. The predicted octanol–water partition coefficient (Wildman–Crippen LogP) is 6.56. The lowest BCUT2D eigenvalue weighted by Gasteiger charge is -2.26. The first-order chi connectivity index (χ1) is 16.3. The van der Waals surface area contributed by atoms with Gasteiger partial charge in [-0.15, -0.1) is 0 Å². The van der Waals surface area contributed by atoms with Crippen LogP contribution in [0.25, 0.3) is 0 Å². The minimum atomic E-state index is -1.32. The van der Waals surface area contributed by atoms with Crippen LogP contribution in [0, 0.1) is 12.8 Å². The highest BCUT2D eigenvalue weighted by Gasteiger charge is 2.47. The van der Waals surface area contributed by atoms with Crippen molar-refractivity contribution in [1.29, 1.82) is 0 Å². The molecule has 0 radical (unpaired) electrons. The summed E-state index contributed by atoms with van der Waals surface area (Å²) in [5.74, 6) is -3.34. The molecule has 1 aliphatic heterocycles. The van der Waals surface area contributed by atoms with Crippen LogP contribution in [0.4, 0.5) is 5.69 Å². The molecule has 0 unspecified atom stereocenters. The van der Waals surface area contributed by atoms with Gasteiger partial charge in [-0.1, -0.05) is 76.2 Å². The molecule has 1 heterocycles. The number of nitrogens with one attached hydrogen (secondary N) is 1. The topological polar surface area (TPSA) is 92.8 Å². The molecule has 2 aromatic rings. The van der Waals surface area contributed by atoms with Gasteiger partial charge in [-0.05, 0) is 43.0 Å². The number of halogens is 5. The SMILES string of the molecule is Cc1cc(NC(=O)COC(=O)[C@H](CC(C)C)N2C(=O)c3c(Cl)c(Cl)c(Cl)c(Cl)c3C2=O)ccc1Br. The number of carbonyl (C=O) groups excluding carboxylic acids is 4. The molecule has 1 aliphatic rings. The molecule has 35 heavy (non-hydrogen) atoms. The largest absolute Gasteiger partial charge is 0.454 e. The minimum Gasteiger partial charge on any atom is -0.454 e. The van der Waals surface area contributed by atoms with Crippen molar-refractivity contribution in [2.45, 2.75) is 33.2 Å². The molecule has 0 bridgehead atoms. The Balaban J connectivity index is 1.81. The highest BCUT2D eigenvalue weighted by molar-refractivity contribution is 9.10. The number of esters is 1. The molecule has 0 saturated heterocycles. The highest BCUT2D eigenvalue weighted by Crippen LogP contribution is 2.45. The van der Waals surface area contributed by atoms with E-state index in [0.29, 0.717) is 5.69 Å². The summed E-state index contributed by atoms with van der Waals surface area (Å²) >= 11 is 27.9. The smallest absolute Gasteiger partial charge is 0.329 e. The van der Waals surface area contributed by atoms with Crippen molar-refractivity contribution >= 4 is 91.7 Å². The van der Waals surface area contributed by atoms with Crippen LogP contribution < -0.4 is 5.32 Å². The van der Waals surface area contributed by atoms with Crippen LogP contribution in [0.5, 0.6) is 0 Å². The Kier molecular flexibility index (Phi) is 8.76. The van der Waals surface area contributed by atoms with Crippen molar-refractivity contribution in [1.82, 2.24) is 4.90 Å². The van der Waals surface area contributed by atoms with E-state index in [1.165, 1.54) is 0 Å². The first kappa shape index (κ1) is 27.7. The van der Waals surface area contributed by atoms with Crippen molar-refractivity contribution in [3.63, 3.8) is 0 Å². The lowest BCUT2D eigenvalue weighted by molar-refractivity contribution is -0.151. The summed E-state index contributed by atoms with van der Waals surface area (Å²) in [4.78, 5) is 52.4. The lowest BCUT2D eigenvalue weighted by atomic mass is 10.0. The van der Waals surface area contributed by atoms with Gasteiger partial charge in [-0.25, -0.2) is 4.79 Å². The monoisotopic (exact) mass is 622 g/mol. The zero-order valence-electron chi connectivity index (χ0n) is 18.7. The van der Waals surface area contributed by atoms with E-state index >= 15 is 0 Å². The number of aryl methyl sites for hydroxylation is 1. The van der Waals surface area contributed by atoms with Crippen LogP contribution in [-0.2, 0) is 14.3 Å². The third kappa shape index (κ3) is 5.62. The summed E-state index contributed by atoms with van der Waals surface area (Å²) in [5, 5.41) is 1.79. The third-order valence-corrected chi connectivity index (χ3v) is 7.89. The van der Waals surface area contributed by atoms with Crippen LogP contribution in [0.1, 0.15) is 46.5 Å². The Morgan fingerprint density at radius 3 is 2.03 bits per heavy atom. The third-order valence-electron chi connectivity index (χ3n) is 5.20. The summed E-state index contributed by atoms with van der Waals surface area (Å²) in [6.45, 7) is 4.84. The summed E-state index contributed by atoms with van der Waals surface area (Å²) in [5.41, 5.74) is 0.950. The fraction of sp³-hybridized carbons (Fsp3) is 0.304. The number of carbonyl (C=O) groups is 4. The van der Waals surface area contributed by atoms with Gasteiger partial charge in [0, 0.05) is 10.2 Å². The molecule has 1 N–H and O–H groups in total. The number of nitrogens with zero attached hydrogens (tertiary/aromatic N) is 1. The molecular weight excluding hydrogens is 606 g/mol. The number of hydrogen-bond acceptors (Lipinski definition) is 5. The van der Waals surface area contributed by atoms with Crippen molar-refractivity contribution in [3.8, 4) is 0 Å². The number of hydrogen-bond donors (Lipinski definition) is 1. The molecule has 1 atom stereocenters. The van der Waals surface area contributed by atoms with Crippen molar-refractivity contribution in [2.24, 2.45) is 5.92 Å². The van der Waals surface area contributed by atoms with Gasteiger partial charge in [0.05, 0.1) is 31.2 Å². The van der Waals surface area contributed by atoms with Gasteiger partial charge in [0.25, 0.3) is 17.7 Å². The zero-order valence-corrected chi connectivity index (χ0v) is 23.3. The average Bonchev–Trinajstić information content (AvgIpc) is 3.05. The van der Waals surface area contributed by atoms with E-state index < -0.39 is 36.3 Å². The fourth-order valence-corrected chi connectivity index (χ4v) is 4.82. The standard InChI is InChI=1S/C23H19BrCl4N2O5/c1-9(2)6-13(23(34)35-8-14(31)29-11-4-5-12(24)10(3)7-11)30-21(32)15-16(22(30)33)18(26)20(28)19(27)17(15)25/h4-5,7,9,13H,6,8H2,1-3H3,(H,29,31)/t13-/m0/s1. The van der Waals surface area contributed by atoms with Crippen LogP contribution in [0.2, 0.25) is 20.1 Å². The van der Waals surface area contributed by atoms with Crippen molar-refractivity contribution < 1.29 is 23.9 Å². The van der Waals surface area contributed by atoms with Crippen LogP contribution >= 0.6 is 62.3 Å². The van der Waals surface area contributed by atoms with Crippen LogP contribution in [0.15, 0.2) is 22.7 Å². The number of anilines is 1. The van der Waals surface area contributed by atoms with E-state index in [4.69, 9.17) is 51.1 Å². The highest BCUT2D eigenvalue weighted by atomic mass is 79.9. The molecule has 12 heteroatoms. The second kappa shape index (κ2) is 11.0. The van der Waals surface area contributed by atoms with Gasteiger partial charge in [0.1, 0.15) is 6.04 Å². The van der Waals surface area contributed by atoms with Gasteiger partial charge in [0.2, 0.25) is 0 Å². The van der Waals surface area contributed by atoms with E-state index in [9.17, 15) is 19.2 Å². The quantitative estimate of drug-likeness (QED) is 0.163. The van der Waals surface area contributed by atoms with E-state index in [2.05, 4.69) is 21.2 Å². The van der Waals surface area contributed by atoms with E-state index in [1.54, 1.807) is 32.0 Å². The summed E-state index contributed by atoms with van der Waals surface area (Å²) in [6.07, 6.45) is 0.0779. The molecule has 3 rings (SSSR count). The Morgan fingerprint density at radius 2 is 1.54 bits per heavy atom. The number of amides is 3. The van der Waals surface area contributed by atoms with Gasteiger partial charge >= 0.3 is 5.97 Å². The second-order valence-corrected chi connectivity index (χ2v) is 10.6. The normalized spacial score (nSPS) is 13.8. The molecule has 0 saturated carbocycles. The predicted molar refractivity (Wildman–Crippen MR) is 139 cm³/mol. The van der Waals surface area contributed by atoms with Gasteiger partial charge in [-0.3, -0.25) is 19.3 Å². The molecule has 0 aliphatic carbocycles. The van der Waals surface area contributed by atoms with Crippen LogP contribution in [-0.4, -0.2) is 41.2 Å². The summed E-state index contributed by atoms with van der Waals surface area (Å²) < 4.78 is 6.06. The van der Waals surface area contributed by atoms with Crippen molar-refractivity contribution in [3.05, 3.63) is 59.5 Å². The maximum absolute atomic E-state index is 13.2. The Morgan fingerprint density at radius 1 is 1.00 bits per heavy atom. The first-order valence-electron chi connectivity index (χ1n) is 10.3. The van der Waals surface area contributed by atoms with Crippen LogP contribution in [0.3, 0.4) is 0 Å². The molecule has 3 amide bonds. The number of ether oxygens (including phenoxy) is 1. The molecule has 2 aromatic carbocycles. The Hall–Kier alpha value is -1.84. The fourth-order valence-electron chi connectivity index (χ4n) is 3.56. The summed E-state index contributed by atoms with van der Waals surface area (Å²) in [7, 11) is 0. The molecule has 0 spiro atoms. The Bertz CT molecular complexity index is 1200. The molecule has 7 nitrogen and oxygen atoms in total. The lowest BCUT2D eigenvalue weighted by Crippen LogP contribution is -2.47. The maximum atomic E-state index is 13.2. The number of benzene rings is 2. The van der Waals surface area contributed by atoms with E-state index in [1.807, 2.05) is 6.92 Å². The zero-order chi connectivity index (χ0) is 26.2. The number of fused-ring (bicyclic) bond motifs is 1. The maximum Gasteiger partial charge on any atom is 0.329 e. The van der Waals surface area contributed by atoms with E-state index in [-0.39, 0.29) is 43.6 Å². The van der Waals surface area contributed by atoms with Gasteiger partial charge < -0.3 is 10.1 Å². The Labute approximate surface area is 230 Å². The number of imide groups is 1. The second-order valence-electron chi connectivity index (χ2n) is 8.25. The average molecular weight is 625 g/mol. The molecule has 0 fully saturated rings. The molecular formula is C23H19BrCl4N2O5. The van der Waals surface area contributed by atoms with Gasteiger partial charge in [0.15, 0.2) is 6.61 Å². The number of rotatable bonds is 7. The van der Waals surface area contributed by atoms with Crippen molar-refractivity contribution in [2.75, 3.05) is 11.9 Å². The van der Waals surface area contributed by atoms with E-state index in [0.717, 1.165) is 14.9 Å².